The molecule has 3 rings (SSSR count). The van der Waals surface area contributed by atoms with Crippen LogP contribution in [0.5, 0.6) is 0 Å². The molecule has 3 heterocycles. The highest BCUT2D eigenvalue weighted by molar-refractivity contribution is 5.93. The van der Waals surface area contributed by atoms with Crippen LogP contribution in [0.3, 0.4) is 0 Å². The molecule has 0 unspecified atom stereocenters. The Hall–Kier alpha value is -3.34. The maximum atomic E-state index is 12.5. The average molecular weight is 424 g/mol. The lowest BCUT2D eigenvalue weighted by atomic mass is 9.97. The van der Waals surface area contributed by atoms with Crippen LogP contribution in [0.2, 0.25) is 0 Å². The third kappa shape index (κ3) is 6.34. The fourth-order valence-corrected chi connectivity index (χ4v) is 2.72. The van der Waals surface area contributed by atoms with E-state index in [0.29, 0.717) is 31.9 Å². The van der Waals surface area contributed by atoms with E-state index in [1.165, 1.54) is 18.0 Å². The summed E-state index contributed by atoms with van der Waals surface area (Å²) in [4.78, 5) is 27.5. The van der Waals surface area contributed by atoms with Gasteiger partial charge in [0.25, 0.3) is 5.91 Å². The van der Waals surface area contributed by atoms with Crippen LogP contribution in [0.15, 0.2) is 43.5 Å². The molecule has 2 aromatic heterocycles. The minimum atomic E-state index is -5.08. The molecule has 0 aromatic carbocycles. The zero-order valence-electron chi connectivity index (χ0n) is 15.8. The van der Waals surface area contributed by atoms with E-state index in [1.54, 1.807) is 12.1 Å². The van der Waals surface area contributed by atoms with Gasteiger partial charge in [-0.1, -0.05) is 6.08 Å². The van der Waals surface area contributed by atoms with Gasteiger partial charge in [0.1, 0.15) is 0 Å². The third-order valence-corrected chi connectivity index (χ3v) is 4.08. The Kier molecular flexibility index (Phi) is 7.98. The van der Waals surface area contributed by atoms with E-state index in [9.17, 15) is 18.0 Å². The zero-order valence-corrected chi connectivity index (χ0v) is 15.8. The summed E-state index contributed by atoms with van der Waals surface area (Å²) in [7, 11) is 0. The van der Waals surface area contributed by atoms with Gasteiger partial charge in [0.15, 0.2) is 0 Å². The number of carbonyl (C=O) groups is 2. The fraction of sp³-hybridized carbons (Fsp3) is 0.316. The number of fused-ring (bicyclic) bond motifs is 1. The second kappa shape index (κ2) is 10.4. The normalized spacial score (nSPS) is 13.0. The van der Waals surface area contributed by atoms with Gasteiger partial charge in [-0.2, -0.15) is 23.4 Å². The second-order valence-corrected chi connectivity index (χ2v) is 6.15. The van der Waals surface area contributed by atoms with Crippen molar-refractivity contribution in [3.63, 3.8) is 0 Å². The van der Waals surface area contributed by atoms with Crippen molar-refractivity contribution in [2.75, 3.05) is 13.2 Å². The number of rotatable bonds is 5. The van der Waals surface area contributed by atoms with Crippen LogP contribution < -0.4 is 0 Å². The maximum Gasteiger partial charge on any atom is 0.490 e. The van der Waals surface area contributed by atoms with Crippen LogP contribution in [-0.4, -0.2) is 56.4 Å². The number of carbonyl (C=O) groups excluding carboxylic acids is 1. The fourth-order valence-electron chi connectivity index (χ4n) is 2.72. The van der Waals surface area contributed by atoms with Crippen LogP contribution in [0.4, 0.5) is 13.2 Å². The first kappa shape index (κ1) is 22.9. The smallest absolute Gasteiger partial charge is 0.475 e. The summed E-state index contributed by atoms with van der Waals surface area (Å²) in [6.45, 7) is 5.91. The number of alkyl halides is 3. The van der Waals surface area contributed by atoms with E-state index in [0.717, 1.165) is 17.5 Å². The van der Waals surface area contributed by atoms with E-state index < -0.39 is 12.1 Å². The number of ether oxygens (including phenoxy) is 1. The van der Waals surface area contributed by atoms with Gasteiger partial charge in [-0.05, 0) is 29.2 Å². The van der Waals surface area contributed by atoms with E-state index in [-0.39, 0.29) is 5.91 Å². The predicted molar refractivity (Wildman–Crippen MR) is 98.3 cm³/mol. The van der Waals surface area contributed by atoms with Crippen molar-refractivity contribution in [3.05, 3.63) is 65.8 Å². The number of halogens is 3. The van der Waals surface area contributed by atoms with E-state index in [2.05, 4.69) is 21.8 Å². The Morgan fingerprint density at radius 2 is 2.00 bits per heavy atom. The third-order valence-electron chi connectivity index (χ3n) is 4.08. The van der Waals surface area contributed by atoms with Crippen LogP contribution in [0.25, 0.3) is 0 Å². The molecule has 1 aliphatic rings. The number of aliphatic carboxylic acids is 1. The molecule has 30 heavy (non-hydrogen) atoms. The molecular weight excluding hydrogens is 405 g/mol. The highest BCUT2D eigenvalue weighted by Crippen LogP contribution is 2.23. The largest absolute Gasteiger partial charge is 0.490 e. The van der Waals surface area contributed by atoms with Crippen molar-refractivity contribution in [2.24, 2.45) is 0 Å². The Balaban J connectivity index is 0.000000396. The predicted octanol–water partition coefficient (Wildman–Crippen LogP) is 2.41. The molecule has 0 atom stereocenters. The molecule has 2 aromatic rings. The molecule has 0 spiro atoms. The molecule has 8 nitrogen and oxygen atoms in total. The molecule has 1 N–H and O–H groups in total. The lowest BCUT2D eigenvalue weighted by Crippen LogP contribution is -2.36. The number of hydrogen-bond donors (Lipinski definition) is 1. The van der Waals surface area contributed by atoms with Crippen LogP contribution in [0, 0.1) is 0 Å². The van der Waals surface area contributed by atoms with Crippen LogP contribution >= 0.6 is 0 Å². The van der Waals surface area contributed by atoms with Gasteiger partial charge in [0.05, 0.1) is 31.2 Å². The van der Waals surface area contributed by atoms with E-state index in [4.69, 9.17) is 14.6 Å². The Bertz CT molecular complexity index is 891. The van der Waals surface area contributed by atoms with Gasteiger partial charge in [-0.25, -0.2) is 4.79 Å². The summed E-state index contributed by atoms with van der Waals surface area (Å²) in [6.07, 6.45) is 4.14. The van der Waals surface area contributed by atoms with Crippen LogP contribution in [-0.2, 0) is 29.1 Å². The number of carboxylic acids is 1. The minimum absolute atomic E-state index is 0.0288. The number of nitrogens with zero attached hydrogens (tertiary/aromatic N) is 4. The number of pyridine rings is 1. The quantitative estimate of drug-likeness (QED) is 0.580. The van der Waals surface area contributed by atoms with E-state index in [1.807, 2.05) is 17.3 Å². The number of hydrogen-bond acceptors (Lipinski definition) is 6. The van der Waals surface area contributed by atoms with Gasteiger partial charge in [-0.3, -0.25) is 9.78 Å². The van der Waals surface area contributed by atoms with Gasteiger partial charge in [0, 0.05) is 25.5 Å². The monoisotopic (exact) mass is 424 g/mol. The van der Waals surface area contributed by atoms with Gasteiger partial charge < -0.3 is 14.7 Å². The van der Waals surface area contributed by atoms with Crippen molar-refractivity contribution in [1.82, 2.24) is 20.1 Å². The Morgan fingerprint density at radius 3 is 2.60 bits per heavy atom. The molecule has 0 saturated carbocycles. The molecule has 11 heteroatoms. The molecule has 0 aliphatic carbocycles. The van der Waals surface area contributed by atoms with Crippen molar-refractivity contribution in [1.29, 1.82) is 0 Å². The first-order valence-electron chi connectivity index (χ1n) is 8.73. The molecule has 0 saturated heterocycles. The lowest BCUT2D eigenvalue weighted by Gasteiger charge is -2.29. The summed E-state index contributed by atoms with van der Waals surface area (Å²) in [6, 6.07) is 1.68. The first-order valence-corrected chi connectivity index (χ1v) is 8.73. The summed E-state index contributed by atoms with van der Waals surface area (Å²) < 4.78 is 37.3. The van der Waals surface area contributed by atoms with Gasteiger partial charge in [0.2, 0.25) is 0 Å². The maximum absolute atomic E-state index is 12.5. The molecule has 1 amide bonds. The summed E-state index contributed by atoms with van der Waals surface area (Å²) >= 11 is 0. The van der Waals surface area contributed by atoms with Crippen molar-refractivity contribution in [3.8, 4) is 0 Å². The average Bonchev–Trinajstić information content (AvgIpc) is 2.73. The number of aromatic nitrogens is 3. The van der Waals surface area contributed by atoms with Crippen molar-refractivity contribution in [2.45, 2.75) is 25.7 Å². The van der Waals surface area contributed by atoms with E-state index >= 15 is 0 Å². The number of carboxylic acid groups (broad SMARTS) is 1. The second-order valence-electron chi connectivity index (χ2n) is 6.15. The van der Waals surface area contributed by atoms with Gasteiger partial charge >= 0.3 is 12.1 Å². The molecule has 0 radical (unpaired) electrons. The van der Waals surface area contributed by atoms with Crippen molar-refractivity contribution >= 4 is 11.9 Å². The summed E-state index contributed by atoms with van der Waals surface area (Å²) in [5, 5.41) is 14.6. The molecule has 160 valence electrons. The molecule has 1 aliphatic heterocycles. The molecule has 0 bridgehead atoms. The Labute approximate surface area is 170 Å². The summed E-state index contributed by atoms with van der Waals surface area (Å²) in [5.74, 6) is -2.79. The van der Waals surface area contributed by atoms with Crippen LogP contribution in [0.1, 0.15) is 27.0 Å². The topological polar surface area (TPSA) is 106 Å². The highest BCUT2D eigenvalue weighted by Gasteiger charge is 2.38. The first-order chi connectivity index (χ1) is 14.2. The van der Waals surface area contributed by atoms with Crippen molar-refractivity contribution < 1.29 is 32.6 Å². The number of amides is 1. The highest BCUT2D eigenvalue weighted by atomic mass is 19.4. The summed E-state index contributed by atoms with van der Waals surface area (Å²) in [5.41, 5.74) is 3.95. The standard InChI is InChI=1S/C17H18N4O2.C2HF3O2/c1-2-7-23-12-15-9-18-8-14-11-21(6-4-16(14)15)17(22)13-3-5-19-20-10-13;3-2(4,5)1(6)7/h2-3,5,8-10H,1,4,6-7,11-12H2;(H,6,7). The molecule has 0 fully saturated rings. The molecular formula is C19H19F3N4O4. The zero-order chi connectivity index (χ0) is 22.1. The SMILES string of the molecule is C=CCOCc1cncc2c1CCN(C(=O)c1ccnnc1)C2.O=C(O)C(F)(F)F. The minimum Gasteiger partial charge on any atom is -0.475 e. The Morgan fingerprint density at radius 1 is 1.27 bits per heavy atom. The van der Waals surface area contributed by atoms with Gasteiger partial charge in [-0.15, -0.1) is 6.58 Å². The lowest BCUT2D eigenvalue weighted by molar-refractivity contribution is -0.192.